The van der Waals surface area contributed by atoms with Crippen molar-refractivity contribution in [3.05, 3.63) is 71.6 Å². The summed E-state index contributed by atoms with van der Waals surface area (Å²) in [4.78, 5) is 1.27. The van der Waals surface area contributed by atoms with E-state index in [-0.39, 0.29) is 0 Å². The topological polar surface area (TPSA) is 21.3 Å². The van der Waals surface area contributed by atoms with E-state index in [0.717, 1.165) is 22.9 Å². The van der Waals surface area contributed by atoms with Gasteiger partial charge in [0, 0.05) is 17.0 Å². The maximum absolute atomic E-state index is 6.08. The molecule has 0 aliphatic carbocycles. The Morgan fingerprint density at radius 2 is 1.62 bits per heavy atom. The number of thiophene rings is 1. The van der Waals surface area contributed by atoms with Gasteiger partial charge in [0.2, 0.25) is 0 Å². The summed E-state index contributed by atoms with van der Waals surface area (Å²) in [5.41, 5.74) is 2.33. The van der Waals surface area contributed by atoms with Gasteiger partial charge in [-0.2, -0.15) is 0 Å². The third-order valence-corrected chi connectivity index (χ3v) is 4.15. The molecule has 0 aliphatic heterocycles. The second kappa shape index (κ2) is 6.57. The van der Waals surface area contributed by atoms with E-state index >= 15 is 0 Å². The van der Waals surface area contributed by atoms with E-state index in [1.165, 1.54) is 10.4 Å². The van der Waals surface area contributed by atoms with Crippen molar-refractivity contribution < 1.29 is 4.74 Å². The number of para-hydroxylation sites is 1. The van der Waals surface area contributed by atoms with Gasteiger partial charge in [-0.15, -0.1) is 11.3 Å². The highest BCUT2D eigenvalue weighted by Crippen LogP contribution is 2.40. The molecule has 0 saturated heterocycles. The van der Waals surface area contributed by atoms with Crippen molar-refractivity contribution in [1.82, 2.24) is 5.32 Å². The van der Waals surface area contributed by atoms with Gasteiger partial charge in [-0.05, 0) is 30.8 Å². The fourth-order valence-corrected chi connectivity index (χ4v) is 3.23. The van der Waals surface area contributed by atoms with Crippen LogP contribution in [0.1, 0.15) is 4.88 Å². The van der Waals surface area contributed by atoms with Crippen LogP contribution in [0.15, 0.2) is 66.7 Å². The van der Waals surface area contributed by atoms with Gasteiger partial charge in [-0.3, -0.25) is 0 Å². The first-order chi connectivity index (χ1) is 10.4. The monoisotopic (exact) mass is 295 g/mol. The van der Waals surface area contributed by atoms with E-state index in [1.807, 2.05) is 43.4 Å². The van der Waals surface area contributed by atoms with Crippen LogP contribution >= 0.6 is 11.3 Å². The lowest BCUT2D eigenvalue weighted by molar-refractivity contribution is 0.498. The van der Waals surface area contributed by atoms with Crippen LogP contribution in [-0.2, 0) is 6.54 Å². The number of benzene rings is 2. The van der Waals surface area contributed by atoms with Crippen molar-refractivity contribution in [3.8, 4) is 21.9 Å². The van der Waals surface area contributed by atoms with Crippen LogP contribution in [0.4, 0.5) is 0 Å². The van der Waals surface area contributed by atoms with Crippen LogP contribution < -0.4 is 10.1 Å². The molecule has 1 aromatic heterocycles. The Labute approximate surface area is 129 Å². The van der Waals surface area contributed by atoms with Crippen molar-refractivity contribution in [2.75, 3.05) is 7.05 Å². The van der Waals surface area contributed by atoms with Crippen molar-refractivity contribution in [2.24, 2.45) is 0 Å². The van der Waals surface area contributed by atoms with Crippen LogP contribution in [0.5, 0.6) is 10.8 Å². The number of ether oxygens (including phenoxy) is 1. The van der Waals surface area contributed by atoms with Gasteiger partial charge in [0.1, 0.15) is 5.75 Å². The van der Waals surface area contributed by atoms with E-state index in [0.29, 0.717) is 0 Å². The SMILES string of the molecule is CNCc1cc(-c2ccccc2)c(Oc2ccccc2)s1. The van der Waals surface area contributed by atoms with Gasteiger partial charge in [0.05, 0.1) is 0 Å². The fourth-order valence-electron chi connectivity index (χ4n) is 2.18. The normalized spacial score (nSPS) is 10.5. The van der Waals surface area contributed by atoms with E-state index in [1.54, 1.807) is 11.3 Å². The molecule has 1 heterocycles. The minimum Gasteiger partial charge on any atom is -0.446 e. The predicted molar refractivity (Wildman–Crippen MR) is 89.0 cm³/mol. The highest BCUT2D eigenvalue weighted by molar-refractivity contribution is 7.14. The third-order valence-electron chi connectivity index (χ3n) is 3.14. The Balaban J connectivity index is 1.98. The molecule has 0 fully saturated rings. The summed E-state index contributed by atoms with van der Waals surface area (Å²) in [6.45, 7) is 0.850. The van der Waals surface area contributed by atoms with E-state index in [4.69, 9.17) is 4.74 Å². The smallest absolute Gasteiger partial charge is 0.189 e. The van der Waals surface area contributed by atoms with Crippen molar-refractivity contribution in [1.29, 1.82) is 0 Å². The van der Waals surface area contributed by atoms with Crippen LogP contribution in [-0.4, -0.2) is 7.05 Å². The molecule has 0 bridgehead atoms. The molecule has 0 radical (unpaired) electrons. The van der Waals surface area contributed by atoms with Gasteiger partial charge in [0.25, 0.3) is 0 Å². The van der Waals surface area contributed by atoms with Gasteiger partial charge in [-0.1, -0.05) is 48.5 Å². The van der Waals surface area contributed by atoms with Crippen molar-refractivity contribution in [3.63, 3.8) is 0 Å². The van der Waals surface area contributed by atoms with Gasteiger partial charge < -0.3 is 10.1 Å². The molecule has 3 aromatic rings. The molecular formula is C18H17NOS. The third kappa shape index (κ3) is 3.32. The zero-order valence-corrected chi connectivity index (χ0v) is 12.7. The maximum Gasteiger partial charge on any atom is 0.189 e. The molecular weight excluding hydrogens is 278 g/mol. The van der Waals surface area contributed by atoms with Crippen molar-refractivity contribution >= 4 is 11.3 Å². The summed E-state index contributed by atoms with van der Waals surface area (Å²) in [6, 6.07) is 22.5. The minimum absolute atomic E-state index is 0.850. The summed E-state index contributed by atoms with van der Waals surface area (Å²) >= 11 is 1.69. The molecule has 0 amide bonds. The first kappa shape index (κ1) is 13.9. The summed E-state index contributed by atoms with van der Waals surface area (Å²) in [5.74, 6) is 0.868. The molecule has 1 N–H and O–H groups in total. The summed E-state index contributed by atoms with van der Waals surface area (Å²) in [6.07, 6.45) is 0. The lowest BCUT2D eigenvalue weighted by Gasteiger charge is -2.06. The first-order valence-electron chi connectivity index (χ1n) is 6.92. The number of hydrogen-bond donors (Lipinski definition) is 1. The Bertz CT molecular complexity index is 692. The molecule has 2 aromatic carbocycles. The predicted octanol–water partition coefficient (Wildman–Crippen LogP) is 4.93. The lowest BCUT2D eigenvalue weighted by atomic mass is 10.1. The standard InChI is InChI=1S/C18H17NOS/c1-19-13-16-12-17(14-8-4-2-5-9-14)18(21-16)20-15-10-6-3-7-11-15/h2-12,19H,13H2,1H3. The minimum atomic E-state index is 0.850. The summed E-state index contributed by atoms with van der Waals surface area (Å²) in [5, 5.41) is 4.14. The maximum atomic E-state index is 6.08. The Kier molecular flexibility index (Phi) is 4.34. The molecule has 106 valence electrons. The van der Waals surface area contributed by atoms with Crippen LogP contribution in [0.25, 0.3) is 11.1 Å². The van der Waals surface area contributed by atoms with Crippen LogP contribution in [0.3, 0.4) is 0 Å². The summed E-state index contributed by atoms with van der Waals surface area (Å²) < 4.78 is 6.08. The Morgan fingerprint density at radius 1 is 0.952 bits per heavy atom. The van der Waals surface area contributed by atoms with Crippen LogP contribution in [0, 0.1) is 0 Å². The Hall–Kier alpha value is -2.10. The number of hydrogen-bond acceptors (Lipinski definition) is 3. The summed E-state index contributed by atoms with van der Waals surface area (Å²) in [7, 11) is 1.96. The fraction of sp³-hybridized carbons (Fsp3) is 0.111. The molecule has 0 saturated carbocycles. The zero-order chi connectivity index (χ0) is 14.5. The second-order valence-corrected chi connectivity index (χ2v) is 5.82. The van der Waals surface area contributed by atoms with E-state index < -0.39 is 0 Å². The average Bonchev–Trinajstić information content (AvgIpc) is 2.92. The molecule has 2 nitrogen and oxygen atoms in total. The van der Waals surface area contributed by atoms with Crippen LogP contribution in [0.2, 0.25) is 0 Å². The number of nitrogens with one attached hydrogen (secondary N) is 1. The van der Waals surface area contributed by atoms with Crippen molar-refractivity contribution in [2.45, 2.75) is 6.54 Å². The zero-order valence-electron chi connectivity index (χ0n) is 11.9. The molecule has 0 aliphatic rings. The largest absolute Gasteiger partial charge is 0.446 e. The highest BCUT2D eigenvalue weighted by Gasteiger charge is 2.12. The highest BCUT2D eigenvalue weighted by atomic mass is 32.1. The molecule has 21 heavy (non-hydrogen) atoms. The molecule has 0 spiro atoms. The lowest BCUT2D eigenvalue weighted by Crippen LogP contribution is -2.02. The second-order valence-electron chi connectivity index (χ2n) is 4.73. The Morgan fingerprint density at radius 3 is 2.29 bits per heavy atom. The molecule has 3 heteroatoms. The van der Waals surface area contributed by atoms with E-state index in [2.05, 4.69) is 35.6 Å². The van der Waals surface area contributed by atoms with Gasteiger partial charge >= 0.3 is 0 Å². The van der Waals surface area contributed by atoms with Gasteiger partial charge in [0.15, 0.2) is 5.06 Å². The average molecular weight is 295 g/mol. The quantitative estimate of drug-likeness (QED) is 0.721. The molecule has 0 unspecified atom stereocenters. The first-order valence-corrected chi connectivity index (χ1v) is 7.74. The number of rotatable bonds is 5. The van der Waals surface area contributed by atoms with Gasteiger partial charge in [-0.25, -0.2) is 0 Å². The van der Waals surface area contributed by atoms with E-state index in [9.17, 15) is 0 Å². The molecule has 3 rings (SSSR count). The molecule has 0 atom stereocenters.